The summed E-state index contributed by atoms with van der Waals surface area (Å²) in [7, 11) is 0. The Bertz CT molecular complexity index is 1150. The van der Waals surface area contributed by atoms with E-state index in [1.807, 2.05) is 13.0 Å². The van der Waals surface area contributed by atoms with Crippen LogP contribution in [-0.4, -0.2) is 27.1 Å². The first-order valence-electron chi connectivity index (χ1n) is 7.40. The van der Waals surface area contributed by atoms with E-state index >= 15 is 0 Å². The zero-order chi connectivity index (χ0) is 17.6. The molecule has 124 valence electrons. The number of aromatic nitrogens is 3. The molecule has 2 heterocycles. The molecule has 2 aromatic heterocycles. The number of thiazole rings is 1. The molecule has 7 nitrogen and oxygen atoms in total. The van der Waals surface area contributed by atoms with Crippen LogP contribution in [0.4, 0.5) is 5.69 Å². The van der Waals surface area contributed by atoms with Crippen LogP contribution in [0.25, 0.3) is 21.1 Å². The smallest absolute Gasteiger partial charge is 0.542 e. The molecule has 0 aliphatic carbocycles. The van der Waals surface area contributed by atoms with Gasteiger partial charge in [0.25, 0.3) is 5.91 Å². The molecule has 0 atom stereocenters. The molecular weight excluding hydrogens is 347 g/mol. The third kappa shape index (κ3) is 3.10. The number of rotatable bonds is 3. The Morgan fingerprint density at radius 1 is 1.23 bits per heavy atom. The van der Waals surface area contributed by atoms with Crippen molar-refractivity contribution in [2.75, 3.05) is 5.32 Å². The van der Waals surface area contributed by atoms with Crippen molar-refractivity contribution in [1.82, 2.24) is 15.2 Å². The van der Waals surface area contributed by atoms with Crippen molar-refractivity contribution in [3.63, 3.8) is 0 Å². The number of carbonyl (C=O) groups excluding carboxylic acids is 2. The molecule has 0 fully saturated rings. The summed E-state index contributed by atoms with van der Waals surface area (Å²) in [5.41, 5.74) is 3.06. The number of carboxylic acid groups (broad SMARTS) is 1. The van der Waals surface area contributed by atoms with Crippen LogP contribution < -0.4 is 29.3 Å². The monoisotopic (exact) mass is 358 g/mol. The van der Waals surface area contributed by atoms with Crippen LogP contribution in [0.1, 0.15) is 25.9 Å². The summed E-state index contributed by atoms with van der Waals surface area (Å²) in [6.07, 6.45) is 0. The standard InChI is InChI=1S/C17H12N4O3S.Li/c1-8-10-3-2-4-11(14(10)21-20-8)15(22)18-9-5-6-12-13(7-9)25-16(19-12)17(23)24;/h2-7H,1H3,(H,18,22)(H,20,21)(H,23,24);/q;+1/p-1. The van der Waals surface area contributed by atoms with Crippen LogP contribution in [0.2, 0.25) is 0 Å². The molecule has 2 N–H and O–H groups in total. The van der Waals surface area contributed by atoms with Gasteiger partial charge in [0.1, 0.15) is 16.5 Å². The van der Waals surface area contributed by atoms with E-state index in [0.717, 1.165) is 22.4 Å². The molecule has 26 heavy (non-hydrogen) atoms. The number of carboxylic acids is 1. The minimum atomic E-state index is -1.31. The van der Waals surface area contributed by atoms with Crippen molar-refractivity contribution in [3.8, 4) is 0 Å². The van der Waals surface area contributed by atoms with E-state index in [1.165, 1.54) is 0 Å². The van der Waals surface area contributed by atoms with E-state index in [-0.39, 0.29) is 29.8 Å². The van der Waals surface area contributed by atoms with Gasteiger partial charge in [-0.05, 0) is 31.2 Å². The number of carbonyl (C=O) groups is 2. The zero-order valence-electron chi connectivity index (χ0n) is 14.0. The molecule has 0 aliphatic heterocycles. The Hall–Kier alpha value is -2.66. The predicted molar refractivity (Wildman–Crippen MR) is 92.7 cm³/mol. The normalized spacial score (nSPS) is 10.7. The number of fused-ring (bicyclic) bond motifs is 2. The summed E-state index contributed by atoms with van der Waals surface area (Å²) in [6.45, 7) is 1.89. The second-order valence-corrected chi connectivity index (χ2v) is 6.52. The molecule has 0 spiro atoms. The first-order valence-corrected chi connectivity index (χ1v) is 8.21. The van der Waals surface area contributed by atoms with Crippen LogP contribution >= 0.6 is 11.3 Å². The third-order valence-electron chi connectivity index (χ3n) is 3.84. The Kier molecular flexibility index (Phi) is 4.83. The SMILES string of the molecule is Cc1[nH]nc2c(C(=O)Nc3ccc4nc(C(=O)[O-])sc4c3)cccc12.[Li+]. The second-order valence-electron chi connectivity index (χ2n) is 5.49. The number of benzene rings is 2. The minimum absolute atomic E-state index is 0. The first-order chi connectivity index (χ1) is 12.0. The topological polar surface area (TPSA) is 111 Å². The molecule has 0 radical (unpaired) electrons. The number of hydrogen-bond donors (Lipinski definition) is 2. The average molecular weight is 358 g/mol. The maximum absolute atomic E-state index is 12.6. The van der Waals surface area contributed by atoms with Crippen molar-refractivity contribution >= 4 is 50.0 Å². The van der Waals surface area contributed by atoms with Gasteiger partial charge in [-0.25, -0.2) is 4.98 Å². The summed E-state index contributed by atoms with van der Waals surface area (Å²) >= 11 is 1.01. The van der Waals surface area contributed by atoms with E-state index < -0.39 is 5.97 Å². The van der Waals surface area contributed by atoms with Gasteiger partial charge in [0.05, 0.1) is 15.8 Å². The first kappa shape index (κ1) is 18.1. The molecule has 0 aliphatic rings. The molecule has 1 amide bonds. The zero-order valence-corrected chi connectivity index (χ0v) is 14.8. The number of aryl methyl sites for hydroxylation is 1. The van der Waals surface area contributed by atoms with Gasteiger partial charge >= 0.3 is 18.9 Å². The number of nitrogens with zero attached hydrogens (tertiary/aromatic N) is 2. The van der Waals surface area contributed by atoms with Crippen molar-refractivity contribution in [2.24, 2.45) is 0 Å². The van der Waals surface area contributed by atoms with Crippen LogP contribution in [0.3, 0.4) is 0 Å². The van der Waals surface area contributed by atoms with Crippen molar-refractivity contribution < 1.29 is 33.6 Å². The van der Waals surface area contributed by atoms with Crippen molar-refractivity contribution in [2.45, 2.75) is 6.92 Å². The van der Waals surface area contributed by atoms with Crippen LogP contribution in [0.5, 0.6) is 0 Å². The molecular formula is C17H11LiN4O3S. The molecule has 0 saturated heterocycles. The molecule has 9 heteroatoms. The van der Waals surface area contributed by atoms with Gasteiger partial charge in [0, 0.05) is 16.8 Å². The van der Waals surface area contributed by atoms with Crippen molar-refractivity contribution in [1.29, 1.82) is 0 Å². The van der Waals surface area contributed by atoms with E-state index in [1.54, 1.807) is 30.3 Å². The number of anilines is 1. The van der Waals surface area contributed by atoms with E-state index in [9.17, 15) is 14.7 Å². The predicted octanol–water partition coefficient (Wildman–Crippen LogP) is -0.899. The van der Waals surface area contributed by atoms with Crippen LogP contribution in [-0.2, 0) is 0 Å². The maximum Gasteiger partial charge on any atom is 1.00 e. The van der Waals surface area contributed by atoms with Gasteiger partial charge in [0.15, 0.2) is 0 Å². The third-order valence-corrected chi connectivity index (χ3v) is 4.84. The number of H-pyrrole nitrogens is 1. The Labute approximate surface area is 163 Å². The summed E-state index contributed by atoms with van der Waals surface area (Å²) < 4.78 is 0.658. The van der Waals surface area contributed by atoms with E-state index in [0.29, 0.717) is 27.0 Å². The molecule has 4 rings (SSSR count). The molecule has 2 aromatic carbocycles. The number of nitrogens with one attached hydrogen (secondary N) is 2. The number of hydrogen-bond acceptors (Lipinski definition) is 6. The fraction of sp³-hybridized carbons (Fsp3) is 0.0588. The molecule has 0 unspecified atom stereocenters. The number of aromatic amines is 1. The van der Waals surface area contributed by atoms with Crippen LogP contribution in [0.15, 0.2) is 36.4 Å². The number of amides is 1. The van der Waals surface area contributed by atoms with Gasteiger partial charge in [-0.2, -0.15) is 5.10 Å². The summed E-state index contributed by atoms with van der Waals surface area (Å²) in [5, 5.41) is 21.6. The summed E-state index contributed by atoms with van der Waals surface area (Å²) in [5.74, 6) is -1.60. The molecule has 0 saturated carbocycles. The summed E-state index contributed by atoms with van der Waals surface area (Å²) in [4.78, 5) is 27.5. The Morgan fingerprint density at radius 2 is 2.04 bits per heavy atom. The fourth-order valence-corrected chi connectivity index (χ4v) is 3.48. The maximum atomic E-state index is 12.6. The van der Waals surface area contributed by atoms with Gasteiger partial charge < -0.3 is 15.2 Å². The Balaban J connectivity index is 0.00000196. The number of aromatic carboxylic acids is 1. The minimum Gasteiger partial charge on any atom is -0.542 e. The second kappa shape index (κ2) is 6.92. The quantitative estimate of drug-likeness (QED) is 0.461. The summed E-state index contributed by atoms with van der Waals surface area (Å²) in [6, 6.07) is 10.4. The molecule has 4 aromatic rings. The largest absolute Gasteiger partial charge is 1.00 e. The Morgan fingerprint density at radius 3 is 2.81 bits per heavy atom. The number of para-hydroxylation sites is 1. The van der Waals surface area contributed by atoms with Gasteiger partial charge in [-0.15, -0.1) is 11.3 Å². The van der Waals surface area contributed by atoms with E-state index in [2.05, 4.69) is 20.5 Å². The van der Waals surface area contributed by atoms with Crippen molar-refractivity contribution in [3.05, 3.63) is 52.7 Å². The van der Waals surface area contributed by atoms with Gasteiger partial charge in [0.2, 0.25) is 0 Å². The average Bonchev–Trinajstić information content (AvgIpc) is 3.18. The van der Waals surface area contributed by atoms with Crippen LogP contribution in [0, 0.1) is 6.92 Å². The van der Waals surface area contributed by atoms with Gasteiger partial charge in [-0.3, -0.25) is 9.89 Å². The fourth-order valence-electron chi connectivity index (χ4n) is 2.64. The van der Waals surface area contributed by atoms with E-state index in [4.69, 9.17) is 0 Å². The molecule has 0 bridgehead atoms. The van der Waals surface area contributed by atoms with Gasteiger partial charge in [-0.1, -0.05) is 12.1 Å².